The van der Waals surface area contributed by atoms with Gasteiger partial charge in [-0.3, -0.25) is 0 Å². The Hall–Kier alpha value is -0.820. The van der Waals surface area contributed by atoms with Gasteiger partial charge in [0, 0.05) is 0 Å². The number of aliphatic hydroxyl groups is 1. The van der Waals surface area contributed by atoms with Gasteiger partial charge in [-0.05, 0) is 17.6 Å². The van der Waals surface area contributed by atoms with Crippen LogP contribution in [0, 0.1) is 0 Å². The first kappa shape index (κ1) is 7.29. The molecule has 0 spiro atoms. The van der Waals surface area contributed by atoms with E-state index in [0.717, 1.165) is 12.0 Å². The maximum absolute atomic E-state index is 8.86. The highest BCUT2D eigenvalue weighted by molar-refractivity contribution is 5.43. The van der Waals surface area contributed by atoms with E-state index in [9.17, 15) is 0 Å². The van der Waals surface area contributed by atoms with Gasteiger partial charge in [0.25, 0.3) is 0 Å². The van der Waals surface area contributed by atoms with Crippen molar-refractivity contribution in [3.63, 3.8) is 0 Å². The predicted octanol–water partition coefficient (Wildman–Crippen LogP) is 1.81. The molecule has 0 saturated heterocycles. The summed E-state index contributed by atoms with van der Waals surface area (Å²) in [4.78, 5) is 0. The van der Waals surface area contributed by atoms with Crippen LogP contribution in [0.15, 0.2) is 35.5 Å². The van der Waals surface area contributed by atoms with E-state index in [1.54, 1.807) is 0 Å². The van der Waals surface area contributed by atoms with Crippen molar-refractivity contribution in [2.75, 3.05) is 6.61 Å². The first-order valence-corrected chi connectivity index (χ1v) is 3.56. The molecule has 0 amide bonds. The zero-order valence-electron chi connectivity index (χ0n) is 6.17. The normalized spacial score (nSPS) is 14.8. The lowest BCUT2D eigenvalue weighted by molar-refractivity contribution is 0.327. The molecule has 0 aromatic carbocycles. The van der Waals surface area contributed by atoms with Crippen LogP contribution in [0.1, 0.15) is 13.3 Å². The fourth-order valence-corrected chi connectivity index (χ4v) is 1.02. The fraction of sp³-hybridized carbons (Fsp3) is 0.333. The Labute approximate surface area is 61.4 Å². The summed E-state index contributed by atoms with van der Waals surface area (Å²) in [5.41, 5.74) is 2.29. The van der Waals surface area contributed by atoms with E-state index >= 15 is 0 Å². The monoisotopic (exact) mass is 136 g/mol. The van der Waals surface area contributed by atoms with E-state index in [-0.39, 0.29) is 6.61 Å². The third-order valence-corrected chi connectivity index (χ3v) is 1.69. The Morgan fingerprint density at radius 2 is 2.00 bits per heavy atom. The Morgan fingerprint density at radius 3 is 2.40 bits per heavy atom. The van der Waals surface area contributed by atoms with Gasteiger partial charge in [0.05, 0.1) is 6.61 Å². The van der Waals surface area contributed by atoms with E-state index in [4.69, 9.17) is 5.11 Å². The van der Waals surface area contributed by atoms with E-state index in [1.165, 1.54) is 5.57 Å². The molecule has 1 nitrogen and oxygen atoms in total. The number of hydrogen-bond donors (Lipinski definition) is 1. The van der Waals surface area contributed by atoms with E-state index < -0.39 is 0 Å². The molecule has 1 heteroatoms. The molecule has 0 aromatic rings. The first-order chi connectivity index (χ1) is 4.88. The van der Waals surface area contributed by atoms with Crippen LogP contribution in [-0.2, 0) is 0 Å². The molecule has 1 aliphatic rings. The summed E-state index contributed by atoms with van der Waals surface area (Å²) in [6.07, 6.45) is 8.95. The number of hydrogen-bond acceptors (Lipinski definition) is 1. The highest BCUT2D eigenvalue weighted by Crippen LogP contribution is 2.14. The minimum Gasteiger partial charge on any atom is -0.392 e. The van der Waals surface area contributed by atoms with Crippen LogP contribution in [0.25, 0.3) is 0 Å². The minimum atomic E-state index is 0.181. The number of allylic oxidation sites excluding steroid dienone is 5. The van der Waals surface area contributed by atoms with Gasteiger partial charge in [-0.2, -0.15) is 0 Å². The Balaban J connectivity index is 2.81. The summed E-state index contributed by atoms with van der Waals surface area (Å²) in [7, 11) is 0. The summed E-state index contributed by atoms with van der Waals surface area (Å²) in [6.45, 7) is 2.24. The second-order valence-electron chi connectivity index (χ2n) is 2.29. The van der Waals surface area contributed by atoms with Crippen molar-refractivity contribution in [2.24, 2.45) is 0 Å². The van der Waals surface area contributed by atoms with Gasteiger partial charge >= 0.3 is 0 Å². The van der Waals surface area contributed by atoms with Crippen molar-refractivity contribution in [1.29, 1.82) is 0 Å². The molecule has 0 unspecified atom stereocenters. The third kappa shape index (κ3) is 1.36. The summed E-state index contributed by atoms with van der Waals surface area (Å²) in [6, 6.07) is 0. The standard InChI is InChI=1S/C9H12O/c1-2-8(7-10)9-5-3-4-6-9/h3-6,10H,2,7H2,1H3. The van der Waals surface area contributed by atoms with Gasteiger partial charge in [-0.25, -0.2) is 0 Å². The van der Waals surface area contributed by atoms with Crippen molar-refractivity contribution in [1.82, 2.24) is 0 Å². The lowest BCUT2D eigenvalue weighted by Crippen LogP contribution is -1.90. The van der Waals surface area contributed by atoms with Crippen molar-refractivity contribution in [3.05, 3.63) is 35.5 Å². The van der Waals surface area contributed by atoms with Crippen LogP contribution in [0.3, 0.4) is 0 Å². The average molecular weight is 136 g/mol. The molecular weight excluding hydrogens is 124 g/mol. The van der Waals surface area contributed by atoms with Crippen molar-refractivity contribution in [2.45, 2.75) is 13.3 Å². The molecule has 0 bridgehead atoms. The summed E-state index contributed by atoms with van der Waals surface area (Å²) in [5.74, 6) is 0. The molecule has 0 atom stereocenters. The quantitative estimate of drug-likeness (QED) is 0.613. The van der Waals surface area contributed by atoms with Crippen LogP contribution < -0.4 is 0 Å². The molecule has 0 fully saturated rings. The molecule has 1 aliphatic carbocycles. The van der Waals surface area contributed by atoms with E-state index in [2.05, 4.69) is 6.92 Å². The van der Waals surface area contributed by atoms with Crippen molar-refractivity contribution < 1.29 is 5.11 Å². The SMILES string of the molecule is CCC(CO)=C1C=CC=C1. The molecule has 0 aromatic heterocycles. The zero-order valence-corrected chi connectivity index (χ0v) is 6.17. The first-order valence-electron chi connectivity index (χ1n) is 3.56. The van der Waals surface area contributed by atoms with Gasteiger partial charge in [-0.1, -0.05) is 31.2 Å². The maximum atomic E-state index is 8.86. The van der Waals surface area contributed by atoms with Crippen molar-refractivity contribution in [3.8, 4) is 0 Å². The largest absolute Gasteiger partial charge is 0.392 e. The van der Waals surface area contributed by atoms with Gasteiger partial charge in [0.15, 0.2) is 0 Å². The predicted molar refractivity (Wildman–Crippen MR) is 42.7 cm³/mol. The molecule has 0 heterocycles. The van der Waals surface area contributed by atoms with Gasteiger partial charge in [-0.15, -0.1) is 0 Å². The third-order valence-electron chi connectivity index (χ3n) is 1.69. The van der Waals surface area contributed by atoms with Gasteiger partial charge < -0.3 is 5.11 Å². The average Bonchev–Trinajstić information content (AvgIpc) is 2.43. The maximum Gasteiger partial charge on any atom is 0.0650 e. The van der Waals surface area contributed by atoms with Crippen molar-refractivity contribution >= 4 is 0 Å². The fourth-order valence-electron chi connectivity index (χ4n) is 1.02. The van der Waals surface area contributed by atoms with Crippen LogP contribution in [-0.4, -0.2) is 11.7 Å². The molecule has 1 N–H and O–H groups in total. The Bertz CT molecular complexity index is 177. The lowest BCUT2D eigenvalue weighted by Gasteiger charge is -2.00. The second-order valence-corrected chi connectivity index (χ2v) is 2.29. The molecule has 54 valence electrons. The topological polar surface area (TPSA) is 20.2 Å². The summed E-state index contributed by atoms with van der Waals surface area (Å²) in [5, 5.41) is 8.86. The summed E-state index contributed by atoms with van der Waals surface area (Å²) >= 11 is 0. The molecule has 0 aliphatic heterocycles. The molecular formula is C9H12O. The van der Waals surface area contributed by atoms with E-state index in [0.29, 0.717) is 0 Å². The molecule has 10 heavy (non-hydrogen) atoms. The highest BCUT2D eigenvalue weighted by atomic mass is 16.3. The Morgan fingerprint density at radius 1 is 1.40 bits per heavy atom. The second kappa shape index (κ2) is 3.37. The number of aliphatic hydroxyl groups excluding tert-OH is 1. The lowest BCUT2D eigenvalue weighted by atomic mass is 10.1. The van der Waals surface area contributed by atoms with Crippen LogP contribution >= 0.6 is 0 Å². The van der Waals surface area contributed by atoms with E-state index in [1.807, 2.05) is 24.3 Å². The van der Waals surface area contributed by atoms with Crippen LogP contribution in [0.5, 0.6) is 0 Å². The minimum absolute atomic E-state index is 0.181. The smallest absolute Gasteiger partial charge is 0.0650 e. The van der Waals surface area contributed by atoms with Gasteiger partial charge in [0.1, 0.15) is 0 Å². The summed E-state index contributed by atoms with van der Waals surface area (Å²) < 4.78 is 0. The van der Waals surface area contributed by atoms with Crippen LogP contribution in [0.2, 0.25) is 0 Å². The van der Waals surface area contributed by atoms with Crippen LogP contribution in [0.4, 0.5) is 0 Å². The molecule has 1 rings (SSSR count). The zero-order chi connectivity index (χ0) is 7.40. The Kier molecular flexibility index (Phi) is 2.46. The molecule has 0 saturated carbocycles. The van der Waals surface area contributed by atoms with Gasteiger partial charge in [0.2, 0.25) is 0 Å². The molecule has 0 radical (unpaired) electrons. The number of rotatable bonds is 2. The highest BCUT2D eigenvalue weighted by Gasteiger charge is 1.99.